The number of aromatic nitrogens is 5. The molecule has 4 aromatic rings. The van der Waals surface area contributed by atoms with Gasteiger partial charge in [0.05, 0.1) is 23.4 Å². The normalized spacial score (nSPS) is 11.0. The third-order valence-corrected chi connectivity index (χ3v) is 5.79. The van der Waals surface area contributed by atoms with Crippen molar-refractivity contribution in [2.24, 2.45) is 0 Å². The van der Waals surface area contributed by atoms with Crippen LogP contribution < -0.4 is 5.32 Å². The van der Waals surface area contributed by atoms with E-state index >= 15 is 0 Å². The quantitative estimate of drug-likeness (QED) is 0.430. The highest BCUT2D eigenvalue weighted by atomic mass is 32.1. The van der Waals surface area contributed by atoms with Crippen LogP contribution in [0, 0.1) is 13.8 Å². The number of nitrogens with zero attached hydrogens (tertiary/aromatic N) is 5. The van der Waals surface area contributed by atoms with Crippen molar-refractivity contribution >= 4 is 34.7 Å². The third-order valence-electron chi connectivity index (χ3n) is 4.89. The summed E-state index contributed by atoms with van der Waals surface area (Å²) >= 11 is 1.36. The second kappa shape index (κ2) is 9.23. The summed E-state index contributed by atoms with van der Waals surface area (Å²) < 4.78 is 6.96. The Balaban J connectivity index is 1.37. The van der Waals surface area contributed by atoms with E-state index in [-0.39, 0.29) is 18.9 Å². The van der Waals surface area contributed by atoms with Crippen LogP contribution in [0.15, 0.2) is 36.1 Å². The molecule has 0 radical (unpaired) electrons. The third kappa shape index (κ3) is 4.65. The Morgan fingerprint density at radius 2 is 2.06 bits per heavy atom. The summed E-state index contributed by atoms with van der Waals surface area (Å²) in [4.78, 5) is 37.6. The van der Waals surface area contributed by atoms with Gasteiger partial charge in [0.25, 0.3) is 5.78 Å². The minimum Gasteiger partial charge on any atom is -0.455 e. The lowest BCUT2D eigenvalue weighted by Gasteiger charge is -2.09. The highest BCUT2D eigenvalue weighted by molar-refractivity contribution is 7.09. The Morgan fingerprint density at radius 3 is 2.88 bits per heavy atom. The zero-order chi connectivity index (χ0) is 22.7. The number of ether oxygens (including phenoxy) is 1. The zero-order valence-electron chi connectivity index (χ0n) is 18.0. The Morgan fingerprint density at radius 1 is 1.22 bits per heavy atom. The molecular weight excluding hydrogens is 428 g/mol. The smallest absolute Gasteiger partial charge is 0.341 e. The molecule has 0 spiro atoms. The van der Waals surface area contributed by atoms with Gasteiger partial charge < -0.3 is 10.1 Å². The van der Waals surface area contributed by atoms with Gasteiger partial charge in [-0.1, -0.05) is 19.1 Å². The number of amides is 1. The molecule has 32 heavy (non-hydrogen) atoms. The Labute approximate surface area is 188 Å². The average Bonchev–Trinajstić information content (AvgIpc) is 3.43. The first-order valence-corrected chi connectivity index (χ1v) is 11.0. The van der Waals surface area contributed by atoms with E-state index in [4.69, 9.17) is 4.74 Å². The molecule has 0 unspecified atom stereocenters. The minimum absolute atomic E-state index is 0.00644. The molecule has 0 saturated carbocycles. The van der Waals surface area contributed by atoms with Crippen molar-refractivity contribution in [1.29, 1.82) is 0 Å². The van der Waals surface area contributed by atoms with Gasteiger partial charge in [-0.05, 0) is 37.5 Å². The fraction of sp³-hybridized carbons (Fsp3) is 0.273. The summed E-state index contributed by atoms with van der Waals surface area (Å²) in [5, 5.41) is 9.47. The maximum absolute atomic E-state index is 12.6. The van der Waals surface area contributed by atoms with E-state index in [9.17, 15) is 9.59 Å². The number of hydrogen-bond acceptors (Lipinski definition) is 8. The molecule has 10 heteroatoms. The van der Waals surface area contributed by atoms with Crippen molar-refractivity contribution in [3.63, 3.8) is 0 Å². The Kier molecular flexibility index (Phi) is 6.22. The predicted molar refractivity (Wildman–Crippen MR) is 120 cm³/mol. The first-order valence-electron chi connectivity index (χ1n) is 10.1. The molecule has 4 rings (SSSR count). The number of nitrogens with one attached hydrogen (secondary N) is 1. The van der Waals surface area contributed by atoms with Gasteiger partial charge in [0.15, 0.2) is 0 Å². The summed E-state index contributed by atoms with van der Waals surface area (Å²) in [7, 11) is 0. The van der Waals surface area contributed by atoms with Crippen LogP contribution in [-0.2, 0) is 29.0 Å². The first-order chi connectivity index (χ1) is 15.4. The number of fused-ring (bicyclic) bond motifs is 1. The van der Waals surface area contributed by atoms with Crippen LogP contribution in [0.5, 0.6) is 0 Å². The lowest BCUT2D eigenvalue weighted by Crippen LogP contribution is -2.15. The maximum atomic E-state index is 12.6. The lowest BCUT2D eigenvalue weighted by atomic mass is 10.1. The Hall–Kier alpha value is -3.66. The maximum Gasteiger partial charge on any atom is 0.341 e. The fourth-order valence-corrected chi connectivity index (χ4v) is 4.03. The molecule has 0 atom stereocenters. The Bertz CT molecular complexity index is 1300. The molecule has 3 aromatic heterocycles. The summed E-state index contributed by atoms with van der Waals surface area (Å²) in [5.41, 5.74) is 4.49. The largest absolute Gasteiger partial charge is 0.455 e. The SMILES string of the molecule is CCc1c(C(=O)OCc2csc(CC(=O)Nc3cc(C)ccc3C)n2)cnc2ncnn12. The number of thiazole rings is 1. The summed E-state index contributed by atoms with van der Waals surface area (Å²) in [6.07, 6.45) is 3.57. The molecular formula is C22H22N6O3S. The van der Waals surface area contributed by atoms with Gasteiger partial charge in [-0.3, -0.25) is 4.79 Å². The summed E-state index contributed by atoms with van der Waals surface area (Å²) in [6.45, 7) is 5.85. The van der Waals surface area contributed by atoms with Crippen molar-refractivity contribution in [2.75, 3.05) is 5.32 Å². The molecule has 0 aliphatic heterocycles. The molecule has 0 aliphatic carbocycles. The minimum atomic E-state index is -0.506. The van der Waals surface area contributed by atoms with Gasteiger partial charge in [0.2, 0.25) is 5.91 Å². The lowest BCUT2D eigenvalue weighted by molar-refractivity contribution is -0.115. The van der Waals surface area contributed by atoms with E-state index in [0.717, 1.165) is 16.8 Å². The fourth-order valence-electron chi connectivity index (χ4n) is 3.25. The molecule has 0 aliphatic rings. The number of aryl methyl sites for hydroxylation is 3. The van der Waals surface area contributed by atoms with Crippen LogP contribution in [0.1, 0.15) is 44.8 Å². The van der Waals surface area contributed by atoms with Crippen molar-refractivity contribution in [3.8, 4) is 0 Å². The number of esters is 1. The van der Waals surface area contributed by atoms with Gasteiger partial charge in [-0.15, -0.1) is 11.3 Å². The van der Waals surface area contributed by atoms with E-state index in [2.05, 4.69) is 25.4 Å². The number of benzene rings is 1. The summed E-state index contributed by atoms with van der Waals surface area (Å²) in [6, 6.07) is 5.92. The first kappa shape index (κ1) is 21.6. The van der Waals surface area contributed by atoms with Gasteiger partial charge in [-0.2, -0.15) is 10.1 Å². The summed E-state index contributed by atoms with van der Waals surface area (Å²) in [5.74, 6) is -0.216. The van der Waals surface area contributed by atoms with E-state index in [1.165, 1.54) is 28.4 Å². The highest BCUT2D eigenvalue weighted by Crippen LogP contribution is 2.18. The monoisotopic (exact) mass is 450 g/mol. The van der Waals surface area contributed by atoms with Gasteiger partial charge >= 0.3 is 5.97 Å². The van der Waals surface area contributed by atoms with Crippen molar-refractivity contribution < 1.29 is 14.3 Å². The number of carbonyl (C=O) groups excluding carboxylic acids is 2. The van der Waals surface area contributed by atoms with Crippen LogP contribution in [-0.4, -0.2) is 36.4 Å². The zero-order valence-corrected chi connectivity index (χ0v) is 18.8. The van der Waals surface area contributed by atoms with Crippen molar-refractivity contribution in [2.45, 2.75) is 40.2 Å². The molecule has 0 bridgehead atoms. The van der Waals surface area contributed by atoms with Crippen molar-refractivity contribution in [3.05, 3.63) is 69.2 Å². The molecule has 3 heterocycles. The van der Waals surface area contributed by atoms with E-state index in [0.29, 0.717) is 34.2 Å². The van der Waals surface area contributed by atoms with Gasteiger partial charge in [0.1, 0.15) is 17.9 Å². The number of hydrogen-bond donors (Lipinski definition) is 1. The molecule has 164 valence electrons. The number of anilines is 1. The predicted octanol–water partition coefficient (Wildman–Crippen LogP) is 3.30. The van der Waals surface area contributed by atoms with E-state index < -0.39 is 5.97 Å². The molecule has 0 fully saturated rings. The molecule has 9 nitrogen and oxygen atoms in total. The van der Waals surface area contributed by atoms with Crippen LogP contribution >= 0.6 is 11.3 Å². The van der Waals surface area contributed by atoms with Gasteiger partial charge in [0, 0.05) is 17.3 Å². The van der Waals surface area contributed by atoms with Crippen LogP contribution in [0.3, 0.4) is 0 Å². The van der Waals surface area contributed by atoms with E-state index in [1.54, 1.807) is 5.38 Å². The second-order valence-electron chi connectivity index (χ2n) is 7.30. The standard InChI is InChI=1S/C22H22N6O3S/c1-4-18-16(9-23-22-24-12-25-28(18)22)21(30)31-10-15-11-32-20(26-15)8-19(29)27-17-7-13(2)5-6-14(17)3/h5-7,9,11-12H,4,8,10H2,1-3H3,(H,27,29). The number of carbonyl (C=O) groups is 2. The highest BCUT2D eigenvalue weighted by Gasteiger charge is 2.18. The second-order valence-corrected chi connectivity index (χ2v) is 8.24. The molecule has 1 N–H and O–H groups in total. The average molecular weight is 451 g/mol. The van der Waals surface area contributed by atoms with Crippen molar-refractivity contribution in [1.82, 2.24) is 24.6 Å². The molecule has 0 saturated heterocycles. The van der Waals surface area contributed by atoms with Crippen LogP contribution in [0.4, 0.5) is 5.69 Å². The van der Waals surface area contributed by atoms with Gasteiger partial charge in [-0.25, -0.2) is 19.3 Å². The number of rotatable bonds is 7. The molecule has 1 aromatic carbocycles. The van der Waals surface area contributed by atoms with E-state index in [1.807, 2.05) is 39.0 Å². The van der Waals surface area contributed by atoms with Crippen LogP contribution in [0.25, 0.3) is 5.78 Å². The topological polar surface area (TPSA) is 111 Å². The molecule has 1 amide bonds. The van der Waals surface area contributed by atoms with Crippen LogP contribution in [0.2, 0.25) is 0 Å².